The molecule has 3 aromatic rings. The van der Waals surface area contributed by atoms with E-state index >= 15 is 0 Å². The zero-order valence-electron chi connectivity index (χ0n) is 15.8. The van der Waals surface area contributed by atoms with Gasteiger partial charge in [-0.2, -0.15) is 15.0 Å². The molecule has 10 heteroatoms. The van der Waals surface area contributed by atoms with Crippen molar-refractivity contribution in [2.24, 2.45) is 0 Å². The molecule has 1 amide bonds. The van der Waals surface area contributed by atoms with Crippen LogP contribution in [0.4, 0.5) is 16.7 Å². The summed E-state index contributed by atoms with van der Waals surface area (Å²) in [6.45, 7) is 6.09. The molecule has 1 saturated heterocycles. The lowest BCUT2D eigenvalue weighted by atomic mass is 10.2. The van der Waals surface area contributed by atoms with Gasteiger partial charge in [0.1, 0.15) is 18.1 Å². The summed E-state index contributed by atoms with van der Waals surface area (Å²) in [5, 5.41) is 3.26. The molecule has 146 valence electrons. The Morgan fingerprint density at radius 3 is 2.89 bits per heavy atom. The van der Waals surface area contributed by atoms with Gasteiger partial charge in [0, 0.05) is 16.9 Å². The number of hydrogen-bond acceptors (Lipinski definition) is 7. The van der Waals surface area contributed by atoms with Crippen LogP contribution >= 0.6 is 15.9 Å². The number of imidazole rings is 1. The van der Waals surface area contributed by atoms with Crippen LogP contribution < -0.4 is 10.2 Å². The number of cyclic esters (lactones) is 1. The number of ether oxygens (including phenoxy) is 1. The first-order valence-electron chi connectivity index (χ1n) is 9.04. The molecule has 0 saturated carbocycles. The van der Waals surface area contributed by atoms with Gasteiger partial charge in [-0.15, -0.1) is 0 Å². The van der Waals surface area contributed by atoms with Crippen molar-refractivity contribution in [1.82, 2.24) is 24.3 Å². The zero-order valence-corrected chi connectivity index (χ0v) is 17.3. The van der Waals surface area contributed by atoms with Gasteiger partial charge in [0.2, 0.25) is 11.9 Å². The molecule has 28 heavy (non-hydrogen) atoms. The molecule has 0 radical (unpaired) electrons. The third-order valence-corrected chi connectivity index (χ3v) is 5.08. The Labute approximate surface area is 170 Å². The van der Waals surface area contributed by atoms with Gasteiger partial charge >= 0.3 is 6.09 Å². The Morgan fingerprint density at radius 2 is 2.11 bits per heavy atom. The number of fused-ring (bicyclic) bond motifs is 1. The quantitative estimate of drug-likeness (QED) is 0.641. The van der Waals surface area contributed by atoms with Gasteiger partial charge in [-0.3, -0.25) is 0 Å². The smallest absolute Gasteiger partial charge is 0.417 e. The van der Waals surface area contributed by atoms with Crippen LogP contribution in [-0.2, 0) is 4.74 Å². The Kier molecular flexibility index (Phi) is 4.88. The van der Waals surface area contributed by atoms with Crippen molar-refractivity contribution < 1.29 is 9.53 Å². The SMILES string of the molecule is CCC1COC(=O)N1c1nc(C)nc(N[C@H](C)c2cn3cc(Br)ccc3n2)n1. The largest absolute Gasteiger partial charge is 0.447 e. The maximum absolute atomic E-state index is 12.1. The fourth-order valence-corrected chi connectivity index (χ4v) is 3.46. The van der Waals surface area contributed by atoms with E-state index in [1.165, 1.54) is 4.90 Å². The van der Waals surface area contributed by atoms with Gasteiger partial charge in [0.15, 0.2) is 0 Å². The highest BCUT2D eigenvalue weighted by Crippen LogP contribution is 2.24. The molecule has 0 spiro atoms. The third-order valence-electron chi connectivity index (χ3n) is 4.61. The Morgan fingerprint density at radius 1 is 1.29 bits per heavy atom. The molecule has 1 aliphatic heterocycles. The lowest BCUT2D eigenvalue weighted by molar-refractivity contribution is 0.178. The van der Waals surface area contributed by atoms with E-state index in [4.69, 9.17) is 4.74 Å². The summed E-state index contributed by atoms with van der Waals surface area (Å²) in [6, 6.07) is 3.68. The fourth-order valence-electron chi connectivity index (χ4n) is 3.11. The molecule has 9 nitrogen and oxygen atoms in total. The predicted molar refractivity (Wildman–Crippen MR) is 107 cm³/mol. The normalized spacial score (nSPS) is 17.8. The lowest BCUT2D eigenvalue weighted by Gasteiger charge is -2.19. The second-order valence-electron chi connectivity index (χ2n) is 6.66. The summed E-state index contributed by atoms with van der Waals surface area (Å²) in [5.41, 5.74) is 1.70. The van der Waals surface area contributed by atoms with Crippen LogP contribution in [-0.4, -0.2) is 43.1 Å². The van der Waals surface area contributed by atoms with Gasteiger partial charge in [-0.1, -0.05) is 6.92 Å². The van der Waals surface area contributed by atoms with Crippen LogP contribution in [0.15, 0.2) is 29.0 Å². The summed E-state index contributed by atoms with van der Waals surface area (Å²) in [5.74, 6) is 1.21. The van der Waals surface area contributed by atoms with Crippen LogP contribution in [0.2, 0.25) is 0 Å². The topological polar surface area (TPSA) is 97.5 Å². The number of aromatic nitrogens is 5. The van der Waals surface area contributed by atoms with Crippen LogP contribution in [0.25, 0.3) is 5.65 Å². The molecule has 4 heterocycles. The Balaban J connectivity index is 1.60. The van der Waals surface area contributed by atoms with Crippen LogP contribution in [0, 0.1) is 6.92 Å². The van der Waals surface area contributed by atoms with Crippen LogP contribution in [0.3, 0.4) is 0 Å². The number of carbonyl (C=O) groups excluding carboxylic acids is 1. The van der Waals surface area contributed by atoms with E-state index in [-0.39, 0.29) is 12.1 Å². The minimum Gasteiger partial charge on any atom is -0.447 e. The van der Waals surface area contributed by atoms with Gasteiger partial charge in [-0.05, 0) is 48.3 Å². The highest BCUT2D eigenvalue weighted by atomic mass is 79.9. The molecular formula is C18H20BrN7O2. The van der Waals surface area contributed by atoms with Crippen molar-refractivity contribution in [3.8, 4) is 0 Å². The number of nitrogens with zero attached hydrogens (tertiary/aromatic N) is 6. The number of hydrogen-bond donors (Lipinski definition) is 1. The minimum absolute atomic E-state index is 0.0727. The summed E-state index contributed by atoms with van der Waals surface area (Å²) in [4.78, 5) is 31.4. The molecule has 2 atom stereocenters. The van der Waals surface area contributed by atoms with Crippen molar-refractivity contribution in [2.75, 3.05) is 16.8 Å². The second-order valence-corrected chi connectivity index (χ2v) is 7.58. The number of aryl methyl sites for hydroxylation is 1. The lowest BCUT2D eigenvalue weighted by Crippen LogP contribution is -2.34. The fraction of sp³-hybridized carbons (Fsp3) is 0.389. The monoisotopic (exact) mass is 445 g/mol. The van der Waals surface area contributed by atoms with Crippen molar-refractivity contribution in [1.29, 1.82) is 0 Å². The van der Waals surface area contributed by atoms with Gasteiger partial charge in [0.05, 0.1) is 17.8 Å². The summed E-state index contributed by atoms with van der Waals surface area (Å²) < 4.78 is 8.08. The third kappa shape index (κ3) is 3.51. The van der Waals surface area contributed by atoms with E-state index < -0.39 is 6.09 Å². The first-order valence-corrected chi connectivity index (χ1v) is 9.83. The van der Waals surface area contributed by atoms with Gasteiger partial charge < -0.3 is 14.5 Å². The van der Waals surface area contributed by atoms with E-state index in [1.54, 1.807) is 6.92 Å². The molecule has 0 aromatic carbocycles. The first-order chi connectivity index (χ1) is 13.4. The number of anilines is 2. The predicted octanol–water partition coefficient (Wildman–Crippen LogP) is 3.50. The molecular weight excluding hydrogens is 426 g/mol. The summed E-state index contributed by atoms with van der Waals surface area (Å²) in [7, 11) is 0. The highest BCUT2D eigenvalue weighted by molar-refractivity contribution is 9.10. The van der Waals surface area contributed by atoms with Crippen LogP contribution in [0.1, 0.15) is 37.8 Å². The molecule has 3 aromatic heterocycles. The molecule has 1 fully saturated rings. The summed E-state index contributed by atoms with van der Waals surface area (Å²) in [6.07, 6.45) is 4.24. The van der Waals surface area contributed by atoms with Crippen molar-refractivity contribution in [3.63, 3.8) is 0 Å². The van der Waals surface area contributed by atoms with E-state index in [2.05, 4.69) is 41.2 Å². The molecule has 0 bridgehead atoms. The van der Waals surface area contributed by atoms with Crippen molar-refractivity contribution in [2.45, 2.75) is 39.3 Å². The Bertz CT molecular complexity index is 1040. The molecule has 4 rings (SSSR count). The molecule has 1 unspecified atom stereocenters. The van der Waals surface area contributed by atoms with Crippen LogP contribution in [0.5, 0.6) is 0 Å². The number of rotatable bonds is 5. The minimum atomic E-state index is -0.428. The van der Waals surface area contributed by atoms with Crippen molar-refractivity contribution >= 4 is 39.6 Å². The number of amides is 1. The first kappa shape index (κ1) is 18.6. The number of nitrogens with one attached hydrogen (secondary N) is 1. The number of halogens is 1. The van der Waals surface area contributed by atoms with E-state index in [9.17, 15) is 4.79 Å². The maximum atomic E-state index is 12.1. The molecule has 1 N–H and O–H groups in total. The second kappa shape index (κ2) is 7.34. The highest BCUT2D eigenvalue weighted by Gasteiger charge is 2.35. The average molecular weight is 446 g/mol. The van der Waals surface area contributed by atoms with E-state index in [0.717, 1.165) is 22.2 Å². The number of carbonyl (C=O) groups is 1. The molecule has 1 aliphatic rings. The summed E-state index contributed by atoms with van der Waals surface area (Å²) >= 11 is 3.46. The molecule has 0 aliphatic carbocycles. The maximum Gasteiger partial charge on any atom is 0.417 e. The zero-order chi connectivity index (χ0) is 19.8. The van der Waals surface area contributed by atoms with Crippen molar-refractivity contribution in [3.05, 3.63) is 40.5 Å². The average Bonchev–Trinajstić information content (AvgIpc) is 3.23. The Hall–Kier alpha value is -2.75. The van der Waals surface area contributed by atoms with E-state index in [1.807, 2.05) is 42.8 Å². The van der Waals surface area contributed by atoms with E-state index in [0.29, 0.717) is 24.3 Å². The van der Waals surface area contributed by atoms with Gasteiger partial charge in [-0.25, -0.2) is 14.7 Å². The standard InChI is InChI=1S/C18H20BrN7O2/c1-4-13-9-28-18(27)26(13)17-22-11(3)21-16(24-17)20-10(2)14-8-25-7-12(19)5-6-15(25)23-14/h5-8,10,13H,4,9H2,1-3H3,(H,20,21,22,24)/t10-,13?/m1/s1. The van der Waals surface area contributed by atoms with Gasteiger partial charge in [0.25, 0.3) is 0 Å². The number of pyridine rings is 1.